The molecule has 1 aromatic carbocycles. The van der Waals surface area contributed by atoms with Gasteiger partial charge < -0.3 is 15.4 Å². The number of nitrogens with two attached hydrogens (primary N) is 1. The number of nitrogens with zero attached hydrogens (tertiary/aromatic N) is 1. The van der Waals surface area contributed by atoms with Gasteiger partial charge in [0.15, 0.2) is 0 Å². The second kappa shape index (κ2) is 5.32. The highest BCUT2D eigenvalue weighted by atomic mass is 16.5. The molecular formula is C13H20N2O. The van der Waals surface area contributed by atoms with Crippen LogP contribution in [0.5, 0.6) is 5.75 Å². The van der Waals surface area contributed by atoms with Crippen molar-refractivity contribution in [3.8, 4) is 5.75 Å². The molecule has 88 valence electrons. The first-order valence-electron chi connectivity index (χ1n) is 5.91. The number of benzene rings is 1. The van der Waals surface area contributed by atoms with E-state index < -0.39 is 0 Å². The minimum absolute atomic E-state index is 0.568. The number of likely N-dealkylation sites (tertiary alicyclic amines) is 1. The van der Waals surface area contributed by atoms with Crippen molar-refractivity contribution in [2.45, 2.75) is 12.3 Å². The third-order valence-electron chi connectivity index (χ3n) is 3.13. The third-order valence-corrected chi connectivity index (χ3v) is 3.13. The normalized spacial score (nSPS) is 21.2. The van der Waals surface area contributed by atoms with Gasteiger partial charge in [0.1, 0.15) is 12.4 Å². The fraction of sp³-hybridized carbons (Fsp3) is 0.538. The van der Waals surface area contributed by atoms with Crippen LogP contribution in [0, 0.1) is 0 Å². The van der Waals surface area contributed by atoms with Crippen molar-refractivity contribution in [2.24, 2.45) is 5.73 Å². The molecule has 1 aliphatic heterocycles. The van der Waals surface area contributed by atoms with E-state index in [1.165, 1.54) is 18.5 Å². The SMILES string of the molecule is CN1CCC(c2ccccc2OCCN)C1. The van der Waals surface area contributed by atoms with Gasteiger partial charge in [0.2, 0.25) is 0 Å². The lowest BCUT2D eigenvalue weighted by Gasteiger charge is -2.16. The fourth-order valence-electron chi connectivity index (χ4n) is 2.31. The van der Waals surface area contributed by atoms with Crippen LogP contribution < -0.4 is 10.5 Å². The Bertz CT molecular complexity index is 340. The van der Waals surface area contributed by atoms with Crippen molar-refractivity contribution in [3.05, 3.63) is 29.8 Å². The fourth-order valence-corrected chi connectivity index (χ4v) is 2.31. The van der Waals surface area contributed by atoms with E-state index in [9.17, 15) is 0 Å². The average Bonchev–Trinajstić information content (AvgIpc) is 2.73. The van der Waals surface area contributed by atoms with Crippen LogP contribution in [0.1, 0.15) is 17.9 Å². The van der Waals surface area contributed by atoms with Gasteiger partial charge >= 0.3 is 0 Å². The van der Waals surface area contributed by atoms with E-state index in [4.69, 9.17) is 10.5 Å². The lowest BCUT2D eigenvalue weighted by atomic mass is 9.97. The summed E-state index contributed by atoms with van der Waals surface area (Å²) in [5.41, 5.74) is 6.80. The van der Waals surface area contributed by atoms with Crippen molar-refractivity contribution >= 4 is 0 Å². The largest absolute Gasteiger partial charge is 0.492 e. The van der Waals surface area contributed by atoms with Crippen LogP contribution in [0.3, 0.4) is 0 Å². The van der Waals surface area contributed by atoms with Gasteiger partial charge in [-0.25, -0.2) is 0 Å². The van der Waals surface area contributed by atoms with Crippen molar-refractivity contribution < 1.29 is 4.74 Å². The van der Waals surface area contributed by atoms with Gasteiger partial charge in [-0.15, -0.1) is 0 Å². The minimum atomic E-state index is 0.568. The summed E-state index contributed by atoms with van der Waals surface area (Å²) in [7, 11) is 2.17. The Hall–Kier alpha value is -1.06. The van der Waals surface area contributed by atoms with E-state index >= 15 is 0 Å². The second-order valence-electron chi connectivity index (χ2n) is 4.42. The van der Waals surface area contributed by atoms with Crippen LogP contribution in [0.15, 0.2) is 24.3 Å². The first-order chi connectivity index (χ1) is 7.81. The van der Waals surface area contributed by atoms with Crippen molar-refractivity contribution in [1.82, 2.24) is 4.90 Å². The third kappa shape index (κ3) is 2.54. The Kier molecular flexibility index (Phi) is 3.80. The maximum absolute atomic E-state index is 5.69. The molecule has 0 spiro atoms. The molecule has 0 aromatic heterocycles. The van der Waals surface area contributed by atoms with Crippen LogP contribution in [0.4, 0.5) is 0 Å². The molecular weight excluding hydrogens is 200 g/mol. The van der Waals surface area contributed by atoms with Gasteiger partial charge in [0.25, 0.3) is 0 Å². The second-order valence-corrected chi connectivity index (χ2v) is 4.42. The van der Waals surface area contributed by atoms with E-state index in [-0.39, 0.29) is 0 Å². The van der Waals surface area contributed by atoms with E-state index in [0.29, 0.717) is 19.1 Å². The number of rotatable bonds is 4. The Balaban J connectivity index is 2.12. The first-order valence-corrected chi connectivity index (χ1v) is 5.91. The highest BCUT2D eigenvalue weighted by Gasteiger charge is 2.23. The molecule has 1 aliphatic rings. The summed E-state index contributed by atoms with van der Waals surface area (Å²) in [6.45, 7) is 3.47. The molecule has 1 aromatic rings. The lowest BCUT2D eigenvalue weighted by Crippen LogP contribution is -2.15. The van der Waals surface area contributed by atoms with E-state index in [1.54, 1.807) is 0 Å². The summed E-state index contributed by atoms with van der Waals surface area (Å²) in [6.07, 6.45) is 1.22. The molecule has 1 unspecified atom stereocenters. The van der Waals surface area contributed by atoms with Crippen LogP contribution in [-0.2, 0) is 0 Å². The lowest BCUT2D eigenvalue weighted by molar-refractivity contribution is 0.322. The standard InChI is InChI=1S/C13H20N2O/c1-15-8-6-11(10-15)12-4-2-3-5-13(12)16-9-7-14/h2-5,11H,6-10,14H2,1H3. The van der Waals surface area contributed by atoms with Crippen molar-refractivity contribution in [3.63, 3.8) is 0 Å². The molecule has 0 bridgehead atoms. The quantitative estimate of drug-likeness (QED) is 0.834. The Morgan fingerprint density at radius 3 is 2.94 bits per heavy atom. The van der Waals surface area contributed by atoms with Crippen molar-refractivity contribution in [2.75, 3.05) is 33.3 Å². The Labute approximate surface area is 97.2 Å². The average molecular weight is 220 g/mol. The van der Waals surface area contributed by atoms with E-state index in [2.05, 4.69) is 24.1 Å². The zero-order valence-corrected chi connectivity index (χ0v) is 9.86. The molecule has 1 fully saturated rings. The van der Waals surface area contributed by atoms with Gasteiger partial charge in [-0.05, 0) is 31.6 Å². The van der Waals surface area contributed by atoms with Gasteiger partial charge in [0, 0.05) is 19.0 Å². The van der Waals surface area contributed by atoms with E-state index in [1.807, 2.05) is 12.1 Å². The zero-order chi connectivity index (χ0) is 11.4. The van der Waals surface area contributed by atoms with Gasteiger partial charge in [0.05, 0.1) is 0 Å². The molecule has 16 heavy (non-hydrogen) atoms. The van der Waals surface area contributed by atoms with Crippen LogP contribution in [0.25, 0.3) is 0 Å². The summed E-state index contributed by atoms with van der Waals surface area (Å²) >= 11 is 0. The monoisotopic (exact) mass is 220 g/mol. The number of ether oxygens (including phenoxy) is 1. The van der Waals surface area contributed by atoms with Crippen LogP contribution >= 0.6 is 0 Å². The Morgan fingerprint density at radius 1 is 1.44 bits per heavy atom. The number of hydrogen-bond acceptors (Lipinski definition) is 3. The number of likely N-dealkylation sites (N-methyl/N-ethyl adjacent to an activating group) is 1. The Morgan fingerprint density at radius 2 is 2.25 bits per heavy atom. The zero-order valence-electron chi connectivity index (χ0n) is 9.86. The predicted molar refractivity (Wildman–Crippen MR) is 65.8 cm³/mol. The summed E-state index contributed by atoms with van der Waals surface area (Å²) in [5.74, 6) is 1.62. The first kappa shape index (κ1) is 11.4. The van der Waals surface area contributed by atoms with Crippen LogP contribution in [-0.4, -0.2) is 38.2 Å². The molecule has 0 radical (unpaired) electrons. The number of hydrogen-bond donors (Lipinski definition) is 1. The minimum Gasteiger partial charge on any atom is -0.492 e. The predicted octanol–water partition coefficient (Wildman–Crippen LogP) is 1.44. The summed E-state index contributed by atoms with van der Waals surface area (Å²) < 4.78 is 5.69. The van der Waals surface area contributed by atoms with Gasteiger partial charge in [-0.2, -0.15) is 0 Å². The number of para-hydroxylation sites is 1. The highest BCUT2D eigenvalue weighted by molar-refractivity contribution is 5.37. The molecule has 0 amide bonds. The topological polar surface area (TPSA) is 38.5 Å². The highest BCUT2D eigenvalue weighted by Crippen LogP contribution is 2.32. The molecule has 2 N–H and O–H groups in total. The molecule has 1 atom stereocenters. The molecule has 2 rings (SSSR count). The molecule has 3 heteroatoms. The summed E-state index contributed by atoms with van der Waals surface area (Å²) in [6, 6.07) is 8.33. The molecule has 0 aliphatic carbocycles. The summed E-state index contributed by atoms with van der Waals surface area (Å²) in [4.78, 5) is 2.37. The van der Waals surface area contributed by atoms with Gasteiger partial charge in [-0.1, -0.05) is 18.2 Å². The molecule has 1 saturated heterocycles. The van der Waals surface area contributed by atoms with Crippen LogP contribution in [0.2, 0.25) is 0 Å². The maximum Gasteiger partial charge on any atom is 0.122 e. The van der Waals surface area contributed by atoms with Gasteiger partial charge in [-0.3, -0.25) is 0 Å². The smallest absolute Gasteiger partial charge is 0.122 e. The molecule has 1 heterocycles. The van der Waals surface area contributed by atoms with E-state index in [0.717, 1.165) is 12.3 Å². The molecule has 3 nitrogen and oxygen atoms in total. The van der Waals surface area contributed by atoms with Crippen molar-refractivity contribution in [1.29, 1.82) is 0 Å². The maximum atomic E-state index is 5.69. The summed E-state index contributed by atoms with van der Waals surface area (Å²) in [5, 5.41) is 0. The molecule has 0 saturated carbocycles.